The molecule has 1 amide bonds. The summed E-state index contributed by atoms with van der Waals surface area (Å²) in [5.74, 6) is 0.161. The Balaban J connectivity index is 1.67. The van der Waals surface area contributed by atoms with Gasteiger partial charge < -0.3 is 19.8 Å². The Kier molecular flexibility index (Phi) is 5.33. The first-order valence-corrected chi connectivity index (χ1v) is 8.41. The van der Waals surface area contributed by atoms with Crippen LogP contribution in [0.15, 0.2) is 53.1 Å². The van der Waals surface area contributed by atoms with Crippen molar-refractivity contribution in [2.24, 2.45) is 0 Å². The highest BCUT2D eigenvalue weighted by atomic mass is 16.5. The monoisotopic (exact) mass is 328 g/mol. The lowest BCUT2D eigenvalue weighted by Gasteiger charge is -2.40. The number of ether oxygens (including phenoxy) is 1. The lowest BCUT2D eigenvalue weighted by molar-refractivity contribution is 0.0330. The van der Waals surface area contributed by atoms with Crippen molar-refractivity contribution in [3.63, 3.8) is 0 Å². The van der Waals surface area contributed by atoms with E-state index in [4.69, 9.17) is 9.15 Å². The number of nitrogens with one attached hydrogen (secondary N) is 2. The normalized spacial score (nSPS) is 18.0. The molecule has 1 aliphatic rings. The minimum Gasteiger partial charge on any atom is -0.459 e. The van der Waals surface area contributed by atoms with Crippen LogP contribution in [0.5, 0.6) is 0 Å². The summed E-state index contributed by atoms with van der Waals surface area (Å²) in [6.07, 6.45) is 3.24. The van der Waals surface area contributed by atoms with Crippen molar-refractivity contribution in [2.75, 3.05) is 19.8 Å². The van der Waals surface area contributed by atoms with Gasteiger partial charge in [0, 0.05) is 31.3 Å². The molecule has 0 radical (unpaired) electrons. The summed E-state index contributed by atoms with van der Waals surface area (Å²) < 4.78 is 10.7. The molecule has 2 N–H and O–H groups in total. The lowest BCUT2D eigenvalue weighted by Crippen LogP contribution is -2.57. The molecule has 2 heterocycles. The molecule has 0 bridgehead atoms. The molecule has 1 saturated heterocycles. The number of carbonyl (C=O) groups is 1. The summed E-state index contributed by atoms with van der Waals surface area (Å²) in [5.41, 5.74) is 1.07. The maximum atomic E-state index is 12.2. The first kappa shape index (κ1) is 16.7. The zero-order valence-electron chi connectivity index (χ0n) is 14.0. The Morgan fingerprint density at radius 3 is 2.58 bits per heavy atom. The fourth-order valence-corrected chi connectivity index (χ4v) is 3.16. The van der Waals surface area contributed by atoms with E-state index in [1.165, 1.54) is 11.8 Å². The van der Waals surface area contributed by atoms with Gasteiger partial charge in [0.1, 0.15) is 0 Å². The summed E-state index contributed by atoms with van der Waals surface area (Å²) in [7, 11) is 0. The summed E-state index contributed by atoms with van der Waals surface area (Å²) in [5, 5.41) is 6.73. The van der Waals surface area contributed by atoms with Gasteiger partial charge in [-0.15, -0.1) is 0 Å². The standard InChI is InChI=1S/C19H24N2O3/c1-15(16-6-3-2-4-7-16)21-19(9-12-23-13-10-19)14-20-18(22)17-8-5-11-24-17/h2-8,11,15,21H,9-10,12-14H2,1H3,(H,20,22)/t15-/m0/s1. The van der Waals surface area contributed by atoms with Crippen LogP contribution < -0.4 is 10.6 Å². The van der Waals surface area contributed by atoms with E-state index in [1.54, 1.807) is 12.1 Å². The second kappa shape index (κ2) is 7.64. The minimum absolute atomic E-state index is 0.171. The Labute approximate surface area is 142 Å². The second-order valence-electron chi connectivity index (χ2n) is 6.33. The molecule has 128 valence electrons. The van der Waals surface area contributed by atoms with Crippen LogP contribution in [-0.4, -0.2) is 31.2 Å². The average Bonchev–Trinajstić information content (AvgIpc) is 3.16. The van der Waals surface area contributed by atoms with Crippen LogP contribution >= 0.6 is 0 Å². The molecule has 0 aliphatic carbocycles. The number of rotatable bonds is 6. The van der Waals surface area contributed by atoms with Crippen molar-refractivity contribution in [3.05, 3.63) is 60.1 Å². The van der Waals surface area contributed by atoms with Crippen LogP contribution in [0.4, 0.5) is 0 Å². The number of furan rings is 1. The fraction of sp³-hybridized carbons (Fsp3) is 0.421. The van der Waals surface area contributed by atoms with E-state index in [2.05, 4.69) is 29.7 Å². The zero-order chi connectivity index (χ0) is 16.8. The number of benzene rings is 1. The Hall–Kier alpha value is -2.11. The highest BCUT2D eigenvalue weighted by Crippen LogP contribution is 2.25. The Bertz CT molecular complexity index is 634. The molecule has 1 aromatic heterocycles. The topological polar surface area (TPSA) is 63.5 Å². The average molecular weight is 328 g/mol. The molecule has 0 unspecified atom stereocenters. The van der Waals surface area contributed by atoms with Crippen LogP contribution in [0.2, 0.25) is 0 Å². The highest BCUT2D eigenvalue weighted by Gasteiger charge is 2.34. The molecule has 1 fully saturated rings. The van der Waals surface area contributed by atoms with Crippen LogP contribution in [0, 0.1) is 0 Å². The third-order valence-electron chi connectivity index (χ3n) is 4.60. The van der Waals surface area contributed by atoms with Gasteiger partial charge in [0.2, 0.25) is 0 Å². The van der Waals surface area contributed by atoms with Crippen molar-refractivity contribution in [1.82, 2.24) is 10.6 Å². The van der Waals surface area contributed by atoms with E-state index < -0.39 is 0 Å². The molecular formula is C19H24N2O3. The molecule has 2 aromatic rings. The van der Waals surface area contributed by atoms with Gasteiger partial charge in [-0.25, -0.2) is 0 Å². The summed E-state index contributed by atoms with van der Waals surface area (Å²) in [6, 6.07) is 13.9. The van der Waals surface area contributed by atoms with Crippen molar-refractivity contribution in [2.45, 2.75) is 31.3 Å². The van der Waals surface area contributed by atoms with Crippen molar-refractivity contribution >= 4 is 5.91 Å². The Morgan fingerprint density at radius 2 is 1.92 bits per heavy atom. The minimum atomic E-state index is -0.181. The molecule has 0 spiro atoms. The summed E-state index contributed by atoms with van der Waals surface area (Å²) in [6.45, 7) is 4.10. The summed E-state index contributed by atoms with van der Waals surface area (Å²) in [4.78, 5) is 12.2. The number of hydrogen-bond donors (Lipinski definition) is 2. The quantitative estimate of drug-likeness (QED) is 0.856. The van der Waals surface area contributed by atoms with Crippen LogP contribution in [0.25, 0.3) is 0 Å². The molecule has 1 aliphatic heterocycles. The van der Waals surface area contributed by atoms with Gasteiger partial charge in [-0.1, -0.05) is 30.3 Å². The van der Waals surface area contributed by atoms with Gasteiger partial charge >= 0.3 is 0 Å². The molecule has 1 atom stereocenters. The summed E-state index contributed by atoms with van der Waals surface area (Å²) >= 11 is 0. The Morgan fingerprint density at radius 1 is 1.17 bits per heavy atom. The second-order valence-corrected chi connectivity index (χ2v) is 6.33. The van der Waals surface area contributed by atoms with Gasteiger partial charge in [0.25, 0.3) is 5.91 Å². The van der Waals surface area contributed by atoms with E-state index in [-0.39, 0.29) is 17.5 Å². The van der Waals surface area contributed by atoms with Crippen LogP contribution in [0.3, 0.4) is 0 Å². The molecule has 5 heteroatoms. The van der Waals surface area contributed by atoms with E-state index in [9.17, 15) is 4.79 Å². The first-order chi connectivity index (χ1) is 11.7. The largest absolute Gasteiger partial charge is 0.459 e. The van der Waals surface area contributed by atoms with Crippen LogP contribution in [-0.2, 0) is 4.74 Å². The smallest absolute Gasteiger partial charge is 0.287 e. The molecule has 0 saturated carbocycles. The predicted molar refractivity (Wildman–Crippen MR) is 91.8 cm³/mol. The van der Waals surface area contributed by atoms with E-state index >= 15 is 0 Å². The maximum absolute atomic E-state index is 12.2. The maximum Gasteiger partial charge on any atom is 0.287 e. The fourth-order valence-electron chi connectivity index (χ4n) is 3.16. The van der Waals surface area contributed by atoms with Gasteiger partial charge in [0.15, 0.2) is 5.76 Å². The van der Waals surface area contributed by atoms with Crippen molar-refractivity contribution in [3.8, 4) is 0 Å². The third kappa shape index (κ3) is 4.04. The molecular weight excluding hydrogens is 304 g/mol. The van der Waals surface area contributed by atoms with Gasteiger partial charge in [0.05, 0.1) is 6.26 Å². The zero-order valence-corrected chi connectivity index (χ0v) is 14.0. The molecule has 1 aromatic carbocycles. The van der Waals surface area contributed by atoms with Gasteiger partial charge in [-0.3, -0.25) is 4.79 Å². The SMILES string of the molecule is C[C@H](NC1(CNC(=O)c2ccco2)CCOCC1)c1ccccc1. The van der Waals surface area contributed by atoms with Crippen molar-refractivity contribution in [1.29, 1.82) is 0 Å². The first-order valence-electron chi connectivity index (χ1n) is 8.41. The van der Waals surface area contributed by atoms with Crippen LogP contribution in [0.1, 0.15) is 41.9 Å². The van der Waals surface area contributed by atoms with E-state index in [0.717, 1.165) is 12.8 Å². The number of amides is 1. The van der Waals surface area contributed by atoms with E-state index in [0.29, 0.717) is 25.5 Å². The molecule has 3 rings (SSSR count). The number of hydrogen-bond acceptors (Lipinski definition) is 4. The predicted octanol–water partition coefficient (Wildman–Crippen LogP) is 2.91. The lowest BCUT2D eigenvalue weighted by atomic mass is 9.88. The third-order valence-corrected chi connectivity index (χ3v) is 4.60. The number of carbonyl (C=O) groups excluding carboxylic acids is 1. The van der Waals surface area contributed by atoms with E-state index in [1.807, 2.05) is 18.2 Å². The van der Waals surface area contributed by atoms with Crippen molar-refractivity contribution < 1.29 is 13.9 Å². The van der Waals surface area contributed by atoms with Gasteiger partial charge in [-0.05, 0) is 37.5 Å². The highest BCUT2D eigenvalue weighted by molar-refractivity contribution is 5.91. The van der Waals surface area contributed by atoms with Gasteiger partial charge in [-0.2, -0.15) is 0 Å². The molecule has 5 nitrogen and oxygen atoms in total. The molecule has 24 heavy (non-hydrogen) atoms.